The van der Waals surface area contributed by atoms with Crippen LogP contribution in [-0.2, 0) is 16.1 Å². The van der Waals surface area contributed by atoms with Gasteiger partial charge in [-0.1, -0.05) is 5.92 Å². The summed E-state index contributed by atoms with van der Waals surface area (Å²) >= 11 is 0. The monoisotopic (exact) mass is 391 g/mol. The van der Waals surface area contributed by atoms with Crippen molar-refractivity contribution >= 4 is 17.7 Å². The molecule has 0 saturated carbocycles. The van der Waals surface area contributed by atoms with Crippen LogP contribution in [0.5, 0.6) is 11.5 Å². The minimum atomic E-state index is -0.337. The van der Waals surface area contributed by atoms with Crippen molar-refractivity contribution in [2.75, 3.05) is 37.9 Å². The Balaban J connectivity index is 1.24. The number of hydrogen-bond acceptors (Lipinski definition) is 7. The van der Waals surface area contributed by atoms with Crippen molar-refractivity contribution in [3.63, 3.8) is 0 Å². The number of aromatic nitrogens is 1. The molecule has 8 heteroatoms. The highest BCUT2D eigenvalue weighted by Crippen LogP contribution is 2.32. The lowest BCUT2D eigenvalue weighted by molar-refractivity contribution is -0.125. The van der Waals surface area contributed by atoms with E-state index in [0.29, 0.717) is 54.6 Å². The molecule has 1 saturated heterocycles. The summed E-state index contributed by atoms with van der Waals surface area (Å²) in [6.45, 7) is 2.66. The van der Waals surface area contributed by atoms with Crippen LogP contribution in [0.25, 0.3) is 0 Å². The van der Waals surface area contributed by atoms with Crippen LogP contribution in [0, 0.1) is 11.8 Å². The molecular formula is C21H17N3O5. The van der Waals surface area contributed by atoms with Crippen LogP contribution < -0.4 is 14.4 Å². The molecule has 2 aromatic rings. The van der Waals surface area contributed by atoms with Crippen LogP contribution in [0.2, 0.25) is 0 Å². The quantitative estimate of drug-likeness (QED) is 0.533. The fourth-order valence-corrected chi connectivity index (χ4v) is 3.59. The summed E-state index contributed by atoms with van der Waals surface area (Å²) < 4.78 is 15.7. The largest absolute Gasteiger partial charge is 0.457 e. The number of anilines is 1. The Morgan fingerprint density at radius 1 is 1.03 bits per heavy atom. The van der Waals surface area contributed by atoms with Gasteiger partial charge in [0.25, 0.3) is 5.91 Å². The number of fused-ring (bicyclic) bond motifs is 2. The lowest BCUT2D eigenvalue weighted by Crippen LogP contribution is -2.49. The number of hydrogen-bond donors (Lipinski definition) is 0. The first-order valence-electron chi connectivity index (χ1n) is 9.29. The van der Waals surface area contributed by atoms with Crippen LogP contribution in [-0.4, -0.2) is 54.7 Å². The van der Waals surface area contributed by atoms with Crippen LogP contribution in [0.4, 0.5) is 5.82 Å². The van der Waals surface area contributed by atoms with E-state index in [4.69, 9.17) is 14.2 Å². The Kier molecular flexibility index (Phi) is 4.21. The average molecular weight is 391 g/mol. The molecule has 146 valence electrons. The first kappa shape index (κ1) is 17.4. The number of rotatable bonds is 1. The third-order valence-electron chi connectivity index (χ3n) is 5.13. The highest BCUT2D eigenvalue weighted by molar-refractivity contribution is 5.98. The van der Waals surface area contributed by atoms with Gasteiger partial charge >= 0.3 is 5.97 Å². The zero-order valence-electron chi connectivity index (χ0n) is 15.5. The molecule has 3 aliphatic heterocycles. The lowest BCUT2D eigenvalue weighted by atomic mass is 10.1. The van der Waals surface area contributed by atoms with Crippen molar-refractivity contribution in [1.82, 2.24) is 9.88 Å². The van der Waals surface area contributed by atoms with Gasteiger partial charge in [0.05, 0.1) is 0 Å². The summed E-state index contributed by atoms with van der Waals surface area (Å²) in [5, 5.41) is 0. The Morgan fingerprint density at radius 3 is 2.72 bits per heavy atom. The van der Waals surface area contributed by atoms with Crippen molar-refractivity contribution < 1.29 is 23.8 Å². The SMILES string of the molecule is O=C1OCc2ccnc(N3CCN(C(=O)C#Cc4ccc5c(c4)OCO5)CC3)c21. The van der Waals surface area contributed by atoms with Crippen LogP contribution in [0.3, 0.4) is 0 Å². The molecule has 0 bridgehead atoms. The standard InChI is InChI=1S/C21H17N3O5/c25-18(4-2-14-1-3-16-17(11-14)29-13-28-16)23-7-9-24(10-8-23)20-19-15(5-6-22-20)12-27-21(19)26/h1,3,5-6,11H,7-10,12-13H2. The lowest BCUT2D eigenvalue weighted by Gasteiger charge is -2.34. The van der Waals surface area contributed by atoms with Gasteiger partial charge in [0.2, 0.25) is 6.79 Å². The Morgan fingerprint density at radius 2 is 1.86 bits per heavy atom. The first-order valence-corrected chi connectivity index (χ1v) is 9.29. The predicted octanol–water partition coefficient (Wildman–Crippen LogP) is 1.18. The van der Waals surface area contributed by atoms with Crippen molar-refractivity contribution in [2.24, 2.45) is 0 Å². The van der Waals surface area contributed by atoms with E-state index in [1.807, 2.05) is 4.90 Å². The van der Waals surface area contributed by atoms with E-state index in [2.05, 4.69) is 16.8 Å². The maximum Gasteiger partial charge on any atom is 0.342 e. The summed E-state index contributed by atoms with van der Waals surface area (Å²) in [7, 11) is 0. The molecule has 4 heterocycles. The highest BCUT2D eigenvalue weighted by atomic mass is 16.7. The topological polar surface area (TPSA) is 81.2 Å². The van der Waals surface area contributed by atoms with Crippen LogP contribution >= 0.6 is 0 Å². The number of pyridine rings is 1. The molecule has 0 unspecified atom stereocenters. The number of cyclic esters (lactones) is 1. The number of ether oxygens (including phenoxy) is 3. The number of carbonyl (C=O) groups is 2. The van der Waals surface area contributed by atoms with Gasteiger partial charge in [-0.15, -0.1) is 0 Å². The number of nitrogens with zero attached hydrogens (tertiary/aromatic N) is 3. The van der Waals surface area contributed by atoms with Crippen molar-refractivity contribution in [1.29, 1.82) is 0 Å². The summed E-state index contributed by atoms with van der Waals surface area (Å²) in [6, 6.07) is 7.15. The zero-order valence-corrected chi connectivity index (χ0v) is 15.5. The molecule has 0 atom stereocenters. The van der Waals surface area contributed by atoms with Gasteiger partial charge in [-0.05, 0) is 24.3 Å². The molecule has 3 aliphatic rings. The smallest absolute Gasteiger partial charge is 0.342 e. The summed E-state index contributed by atoms with van der Waals surface area (Å²) in [5.41, 5.74) is 2.09. The van der Waals surface area contributed by atoms with E-state index >= 15 is 0 Å². The molecule has 29 heavy (non-hydrogen) atoms. The van der Waals surface area contributed by atoms with Crippen molar-refractivity contribution in [3.05, 3.63) is 47.2 Å². The van der Waals surface area contributed by atoms with Crippen molar-refractivity contribution in [2.45, 2.75) is 6.61 Å². The van der Waals surface area contributed by atoms with Crippen LogP contribution in [0.15, 0.2) is 30.5 Å². The van der Waals surface area contributed by atoms with Gasteiger partial charge in [0.1, 0.15) is 18.0 Å². The molecule has 0 radical (unpaired) electrons. The fraction of sp³-hybridized carbons (Fsp3) is 0.286. The van der Waals surface area contributed by atoms with Gasteiger partial charge < -0.3 is 24.0 Å². The average Bonchev–Trinajstić information content (AvgIpc) is 3.38. The second-order valence-corrected chi connectivity index (χ2v) is 6.84. The summed E-state index contributed by atoms with van der Waals surface area (Å²) in [5.74, 6) is 6.97. The molecule has 0 aliphatic carbocycles. The number of amides is 1. The Bertz CT molecular complexity index is 1060. The molecule has 0 spiro atoms. The van der Waals surface area contributed by atoms with Gasteiger partial charge in [0.15, 0.2) is 11.5 Å². The highest BCUT2D eigenvalue weighted by Gasteiger charge is 2.30. The third-order valence-corrected chi connectivity index (χ3v) is 5.13. The normalized spacial score (nSPS) is 16.8. The second kappa shape index (κ2) is 7.02. The van der Waals surface area contributed by atoms with Crippen molar-refractivity contribution in [3.8, 4) is 23.3 Å². The van der Waals surface area contributed by atoms with Gasteiger partial charge in [0, 0.05) is 49.4 Å². The molecule has 5 rings (SSSR count). The summed E-state index contributed by atoms with van der Waals surface area (Å²) in [6.07, 6.45) is 1.69. The maximum atomic E-state index is 12.5. The molecule has 1 amide bonds. The molecule has 1 aromatic carbocycles. The first-order chi connectivity index (χ1) is 14.2. The number of esters is 1. The molecule has 1 fully saturated rings. The maximum absolute atomic E-state index is 12.5. The second-order valence-electron chi connectivity index (χ2n) is 6.84. The molecule has 1 aromatic heterocycles. The predicted molar refractivity (Wildman–Crippen MR) is 102 cm³/mol. The zero-order chi connectivity index (χ0) is 19.8. The van der Waals surface area contributed by atoms with E-state index in [1.165, 1.54) is 0 Å². The molecular weight excluding hydrogens is 374 g/mol. The Hall–Kier alpha value is -3.73. The third kappa shape index (κ3) is 3.21. The number of benzene rings is 1. The van der Waals surface area contributed by atoms with E-state index < -0.39 is 0 Å². The van der Waals surface area contributed by atoms with Gasteiger partial charge in [-0.25, -0.2) is 9.78 Å². The van der Waals surface area contributed by atoms with E-state index in [0.717, 1.165) is 5.56 Å². The van der Waals surface area contributed by atoms with Gasteiger partial charge in [-0.2, -0.15) is 0 Å². The number of carbonyl (C=O) groups excluding carboxylic acids is 2. The van der Waals surface area contributed by atoms with Gasteiger partial charge in [-0.3, -0.25) is 4.79 Å². The number of piperazine rings is 1. The van der Waals surface area contributed by atoms with E-state index in [-0.39, 0.29) is 25.3 Å². The molecule has 8 nitrogen and oxygen atoms in total. The molecule has 0 N–H and O–H groups in total. The summed E-state index contributed by atoms with van der Waals surface area (Å²) in [4.78, 5) is 32.6. The Labute approximate surface area is 167 Å². The minimum absolute atomic E-state index is 0.201. The minimum Gasteiger partial charge on any atom is -0.457 e. The van der Waals surface area contributed by atoms with Crippen LogP contribution in [0.1, 0.15) is 21.5 Å². The van der Waals surface area contributed by atoms with E-state index in [1.54, 1.807) is 35.4 Å². The fourth-order valence-electron chi connectivity index (χ4n) is 3.59. The van der Waals surface area contributed by atoms with E-state index in [9.17, 15) is 9.59 Å².